The van der Waals surface area contributed by atoms with Crippen molar-refractivity contribution in [3.8, 4) is 17.0 Å². The van der Waals surface area contributed by atoms with Gasteiger partial charge in [0.1, 0.15) is 10.6 Å². The van der Waals surface area contributed by atoms with E-state index in [2.05, 4.69) is 9.71 Å². The second-order valence-corrected chi connectivity index (χ2v) is 8.73. The van der Waals surface area contributed by atoms with Crippen molar-refractivity contribution in [2.75, 3.05) is 7.11 Å². The summed E-state index contributed by atoms with van der Waals surface area (Å²) < 4.78 is 33.6. The number of benzene rings is 2. The maximum absolute atomic E-state index is 12.8. The van der Waals surface area contributed by atoms with Gasteiger partial charge in [0.25, 0.3) is 0 Å². The monoisotopic (exact) mass is 388 g/mol. The zero-order valence-corrected chi connectivity index (χ0v) is 16.4. The van der Waals surface area contributed by atoms with Crippen LogP contribution in [0.2, 0.25) is 0 Å². The minimum atomic E-state index is -3.73. The summed E-state index contributed by atoms with van der Waals surface area (Å²) in [4.78, 5) is 4.53. The lowest BCUT2D eigenvalue weighted by Crippen LogP contribution is -2.23. The van der Waals surface area contributed by atoms with Crippen LogP contribution in [0, 0.1) is 13.8 Å². The van der Waals surface area contributed by atoms with E-state index >= 15 is 0 Å². The quantitative estimate of drug-likeness (QED) is 0.695. The lowest BCUT2D eigenvalue weighted by molar-refractivity contribution is 0.402. The summed E-state index contributed by atoms with van der Waals surface area (Å²) in [6, 6.07) is 12.8. The van der Waals surface area contributed by atoms with Gasteiger partial charge in [0.05, 0.1) is 17.8 Å². The molecule has 3 aromatic rings. The molecule has 0 bridgehead atoms. The molecule has 1 aromatic heterocycles. The molecule has 0 fully saturated rings. The average molecular weight is 389 g/mol. The molecule has 0 amide bonds. The van der Waals surface area contributed by atoms with Crippen LogP contribution in [0.15, 0.2) is 52.7 Å². The number of rotatable bonds is 6. The van der Waals surface area contributed by atoms with Crippen molar-refractivity contribution < 1.29 is 13.2 Å². The Morgan fingerprint density at radius 2 is 1.85 bits per heavy atom. The number of aryl methyl sites for hydroxylation is 2. The Morgan fingerprint density at radius 3 is 2.46 bits per heavy atom. The maximum Gasteiger partial charge on any atom is 0.244 e. The predicted molar refractivity (Wildman–Crippen MR) is 104 cm³/mol. The van der Waals surface area contributed by atoms with Crippen molar-refractivity contribution in [1.82, 2.24) is 9.71 Å². The largest absolute Gasteiger partial charge is 0.495 e. The number of methoxy groups -OCH3 is 1. The van der Waals surface area contributed by atoms with E-state index in [1.807, 2.05) is 49.6 Å². The molecule has 0 radical (unpaired) electrons. The summed E-state index contributed by atoms with van der Waals surface area (Å²) in [5, 5.41) is 2.84. The molecule has 5 nitrogen and oxygen atoms in total. The van der Waals surface area contributed by atoms with E-state index in [4.69, 9.17) is 4.74 Å². The molecule has 3 rings (SSSR count). The fourth-order valence-corrected chi connectivity index (χ4v) is 4.34. The van der Waals surface area contributed by atoms with Crippen molar-refractivity contribution in [1.29, 1.82) is 0 Å². The highest BCUT2D eigenvalue weighted by atomic mass is 32.2. The fourth-order valence-electron chi connectivity index (χ4n) is 2.50. The first-order valence-electron chi connectivity index (χ1n) is 8.05. The first kappa shape index (κ1) is 18.6. The molecule has 0 saturated carbocycles. The van der Waals surface area contributed by atoms with Crippen molar-refractivity contribution >= 4 is 21.4 Å². The van der Waals surface area contributed by atoms with Crippen molar-refractivity contribution in [3.63, 3.8) is 0 Å². The van der Waals surface area contributed by atoms with Crippen molar-refractivity contribution in [2.24, 2.45) is 0 Å². The second kappa shape index (κ2) is 7.57. The van der Waals surface area contributed by atoms with Crippen LogP contribution in [-0.2, 0) is 16.6 Å². The third-order valence-electron chi connectivity index (χ3n) is 3.95. The van der Waals surface area contributed by atoms with Crippen LogP contribution in [0.5, 0.6) is 5.75 Å². The van der Waals surface area contributed by atoms with Crippen LogP contribution in [0.25, 0.3) is 11.3 Å². The average Bonchev–Trinajstić information content (AvgIpc) is 3.07. The molecule has 7 heteroatoms. The third kappa shape index (κ3) is 4.12. The van der Waals surface area contributed by atoms with E-state index in [9.17, 15) is 8.42 Å². The van der Waals surface area contributed by atoms with Crippen LogP contribution in [0.3, 0.4) is 0 Å². The van der Waals surface area contributed by atoms with Crippen LogP contribution in [-0.4, -0.2) is 20.5 Å². The van der Waals surface area contributed by atoms with Gasteiger partial charge in [-0.05, 0) is 37.6 Å². The van der Waals surface area contributed by atoms with Gasteiger partial charge in [-0.3, -0.25) is 0 Å². The number of ether oxygens (including phenoxy) is 1. The smallest absolute Gasteiger partial charge is 0.244 e. The van der Waals surface area contributed by atoms with Gasteiger partial charge in [-0.2, -0.15) is 0 Å². The van der Waals surface area contributed by atoms with E-state index in [1.54, 1.807) is 12.1 Å². The Balaban J connectivity index is 1.90. The number of aromatic nitrogens is 1. The molecule has 1 N–H and O–H groups in total. The van der Waals surface area contributed by atoms with Crippen LogP contribution in [0.1, 0.15) is 16.1 Å². The number of sulfonamides is 1. The molecule has 0 spiro atoms. The van der Waals surface area contributed by atoms with Crippen molar-refractivity contribution in [2.45, 2.75) is 25.3 Å². The Morgan fingerprint density at radius 1 is 1.12 bits per heavy atom. The van der Waals surface area contributed by atoms with Gasteiger partial charge in [0.15, 0.2) is 0 Å². The normalized spacial score (nSPS) is 11.5. The molecule has 0 unspecified atom stereocenters. The van der Waals surface area contributed by atoms with Gasteiger partial charge >= 0.3 is 0 Å². The van der Waals surface area contributed by atoms with Gasteiger partial charge in [-0.1, -0.05) is 29.8 Å². The van der Waals surface area contributed by atoms with E-state index < -0.39 is 10.0 Å². The van der Waals surface area contributed by atoms with Crippen LogP contribution < -0.4 is 9.46 Å². The predicted octanol–water partition coefficient (Wildman–Crippen LogP) is 3.91. The molecule has 1 heterocycles. The van der Waals surface area contributed by atoms with E-state index in [0.29, 0.717) is 5.75 Å². The molecular weight excluding hydrogens is 368 g/mol. The fraction of sp³-hybridized carbons (Fsp3) is 0.211. The van der Waals surface area contributed by atoms with Gasteiger partial charge in [0, 0.05) is 17.5 Å². The minimum absolute atomic E-state index is 0.107. The highest BCUT2D eigenvalue weighted by Gasteiger charge is 2.20. The van der Waals surface area contributed by atoms with Gasteiger partial charge < -0.3 is 4.74 Å². The first-order chi connectivity index (χ1) is 12.4. The molecule has 2 aromatic carbocycles. The first-order valence-corrected chi connectivity index (χ1v) is 10.4. The zero-order chi connectivity index (χ0) is 18.7. The van der Waals surface area contributed by atoms with E-state index in [1.165, 1.54) is 18.4 Å². The Bertz CT molecular complexity index is 1010. The maximum atomic E-state index is 12.8. The van der Waals surface area contributed by atoms with E-state index in [0.717, 1.165) is 27.4 Å². The Labute approximate surface area is 157 Å². The third-order valence-corrected chi connectivity index (χ3v) is 6.15. The highest BCUT2D eigenvalue weighted by molar-refractivity contribution is 7.89. The molecule has 0 atom stereocenters. The minimum Gasteiger partial charge on any atom is -0.495 e. The molecule has 136 valence electrons. The van der Waals surface area contributed by atoms with Crippen LogP contribution in [0.4, 0.5) is 0 Å². The Kier molecular flexibility index (Phi) is 5.41. The number of hydrogen-bond acceptors (Lipinski definition) is 5. The molecule has 0 aliphatic heterocycles. The zero-order valence-electron chi connectivity index (χ0n) is 14.8. The summed E-state index contributed by atoms with van der Waals surface area (Å²) in [6.45, 7) is 4.12. The summed E-state index contributed by atoms with van der Waals surface area (Å²) in [6.07, 6.45) is 0. The number of hydrogen-bond donors (Lipinski definition) is 1. The molecule has 0 aliphatic rings. The second-order valence-electron chi connectivity index (χ2n) is 5.93. The van der Waals surface area contributed by atoms with Crippen molar-refractivity contribution in [3.05, 3.63) is 64.0 Å². The lowest BCUT2D eigenvalue weighted by atomic mass is 10.2. The Hall–Kier alpha value is -2.22. The van der Waals surface area contributed by atoms with E-state index in [-0.39, 0.29) is 11.4 Å². The highest BCUT2D eigenvalue weighted by Crippen LogP contribution is 2.30. The summed E-state index contributed by atoms with van der Waals surface area (Å²) in [7, 11) is -2.28. The van der Waals surface area contributed by atoms with Gasteiger partial charge in [0.2, 0.25) is 10.0 Å². The lowest BCUT2D eigenvalue weighted by Gasteiger charge is -2.12. The van der Waals surface area contributed by atoms with Gasteiger partial charge in [-0.15, -0.1) is 11.3 Å². The molecule has 0 saturated heterocycles. The molecule has 0 aliphatic carbocycles. The van der Waals surface area contributed by atoms with Crippen LogP contribution >= 0.6 is 11.3 Å². The molecular formula is C19H20N2O3S2. The number of nitrogens with zero attached hydrogens (tertiary/aromatic N) is 1. The molecule has 26 heavy (non-hydrogen) atoms. The summed E-state index contributed by atoms with van der Waals surface area (Å²) >= 11 is 1.52. The number of nitrogens with one attached hydrogen (secondary N) is 1. The number of thiazole rings is 1. The SMILES string of the molecule is COc1ccc(-c2csc(C)n2)cc1S(=O)(=O)NCc1ccc(C)cc1. The summed E-state index contributed by atoms with van der Waals surface area (Å²) in [5.41, 5.74) is 3.52. The standard InChI is InChI=1S/C19H20N2O3S2/c1-13-4-6-15(7-5-13)11-20-26(22,23)19-10-16(8-9-18(19)24-3)17-12-25-14(2)21-17/h4-10,12,20H,11H2,1-3H3. The van der Waals surface area contributed by atoms with Gasteiger partial charge in [-0.25, -0.2) is 18.1 Å². The summed E-state index contributed by atoms with van der Waals surface area (Å²) in [5.74, 6) is 0.303. The topological polar surface area (TPSA) is 68.3 Å².